The van der Waals surface area contributed by atoms with Gasteiger partial charge < -0.3 is 11.5 Å². The largest absolute Gasteiger partial charge is 0.362 e. The standard InChI is InChI=1S/C28H30N6O2/c29-27-25(33(31-35-27)18-8-14-21-10-3-1-4-11-21)23-16-7-17-24(20-23)26-28(30)36-32-34(26)19-9-15-22-12-5-2-6-13-22/h1-7,10-13,16-17,20H,8-9,14-15,18-19,29-30H2/q+2. The molecule has 2 aromatic heterocycles. The normalized spacial score (nSPS) is 11.1. The molecule has 8 nitrogen and oxygen atoms in total. The first-order valence-corrected chi connectivity index (χ1v) is 12.2. The van der Waals surface area contributed by atoms with Crippen LogP contribution in [0.25, 0.3) is 22.5 Å². The van der Waals surface area contributed by atoms with Crippen LogP contribution in [-0.2, 0) is 25.9 Å². The zero-order valence-corrected chi connectivity index (χ0v) is 20.1. The summed E-state index contributed by atoms with van der Waals surface area (Å²) in [5, 5.41) is 8.35. The third kappa shape index (κ3) is 5.27. The first kappa shape index (κ1) is 23.3. The molecule has 0 fully saturated rings. The lowest BCUT2D eigenvalue weighted by Gasteiger charge is -2.01. The molecule has 0 radical (unpaired) electrons. The first-order chi connectivity index (χ1) is 17.7. The molecule has 4 N–H and O–H groups in total. The van der Waals surface area contributed by atoms with E-state index in [0.717, 1.165) is 48.2 Å². The highest BCUT2D eigenvalue weighted by Crippen LogP contribution is 2.28. The molecule has 0 spiro atoms. The van der Waals surface area contributed by atoms with Gasteiger partial charge in [0, 0.05) is 12.8 Å². The molecule has 2 heterocycles. The van der Waals surface area contributed by atoms with Gasteiger partial charge in [-0.3, -0.25) is 9.05 Å². The highest BCUT2D eigenvalue weighted by Gasteiger charge is 2.28. The Labute approximate surface area is 209 Å². The smallest absolute Gasteiger partial charge is 0.304 e. The number of benzene rings is 3. The maximum Gasteiger partial charge on any atom is 0.304 e. The Hall–Kier alpha value is -4.46. The minimum Gasteiger partial charge on any atom is -0.362 e. The SMILES string of the molecule is Nc1on[n+](CCCc2ccccc2)c1-c1cccc(-c2c(N)on[n+]2CCCc2ccccc2)c1. The molecule has 0 atom stereocenters. The fourth-order valence-corrected chi connectivity index (χ4v) is 4.47. The fourth-order valence-electron chi connectivity index (χ4n) is 4.47. The molecular formula is C28H30N6O2+2. The number of rotatable bonds is 10. The number of aromatic nitrogens is 4. The summed E-state index contributed by atoms with van der Waals surface area (Å²) in [4.78, 5) is 0. The average molecular weight is 483 g/mol. The highest BCUT2D eigenvalue weighted by atomic mass is 16.5. The molecule has 0 aliphatic heterocycles. The van der Waals surface area contributed by atoms with Gasteiger partial charge in [-0.1, -0.05) is 66.7 Å². The van der Waals surface area contributed by atoms with E-state index in [1.807, 2.05) is 45.8 Å². The predicted molar refractivity (Wildman–Crippen MR) is 136 cm³/mol. The van der Waals surface area contributed by atoms with Crippen LogP contribution in [0.2, 0.25) is 0 Å². The fraction of sp³-hybridized carbons (Fsp3) is 0.214. The molecule has 0 aliphatic rings. The number of nitrogens with two attached hydrogens (primary N) is 2. The van der Waals surface area contributed by atoms with Crippen molar-refractivity contribution in [3.63, 3.8) is 0 Å². The van der Waals surface area contributed by atoms with Crippen molar-refractivity contribution in [2.45, 2.75) is 38.8 Å². The topological polar surface area (TPSA) is 112 Å². The number of hydrogen-bond donors (Lipinski definition) is 2. The Morgan fingerprint density at radius 1 is 0.583 bits per heavy atom. The van der Waals surface area contributed by atoms with E-state index in [2.05, 4.69) is 59.1 Å². The van der Waals surface area contributed by atoms with Crippen molar-refractivity contribution in [1.82, 2.24) is 10.5 Å². The van der Waals surface area contributed by atoms with Gasteiger partial charge in [0.2, 0.25) is 10.5 Å². The molecule has 0 saturated carbocycles. The predicted octanol–water partition coefficient (Wildman–Crippen LogP) is 4.00. The summed E-state index contributed by atoms with van der Waals surface area (Å²) in [6.45, 7) is 1.37. The van der Waals surface area contributed by atoms with E-state index >= 15 is 0 Å². The zero-order valence-electron chi connectivity index (χ0n) is 20.1. The maximum atomic E-state index is 6.20. The Morgan fingerprint density at radius 2 is 1.03 bits per heavy atom. The summed E-state index contributed by atoms with van der Waals surface area (Å²) in [6.07, 6.45) is 3.71. The van der Waals surface area contributed by atoms with Crippen molar-refractivity contribution in [2.75, 3.05) is 11.5 Å². The molecule has 8 heteroatoms. The number of nitrogen functional groups attached to an aromatic ring is 2. The van der Waals surface area contributed by atoms with Gasteiger partial charge in [0.1, 0.15) is 0 Å². The molecule has 0 amide bonds. The lowest BCUT2D eigenvalue weighted by Crippen LogP contribution is -2.38. The van der Waals surface area contributed by atoms with E-state index in [1.54, 1.807) is 0 Å². The monoisotopic (exact) mass is 482 g/mol. The summed E-state index contributed by atoms with van der Waals surface area (Å²) in [6, 6.07) is 28.7. The Morgan fingerprint density at radius 3 is 1.47 bits per heavy atom. The molecule has 36 heavy (non-hydrogen) atoms. The van der Waals surface area contributed by atoms with Crippen molar-refractivity contribution in [3.8, 4) is 22.5 Å². The number of aryl methyl sites for hydroxylation is 4. The molecule has 5 aromatic rings. The van der Waals surface area contributed by atoms with Gasteiger partial charge in [-0.15, -0.1) is 0 Å². The van der Waals surface area contributed by atoms with Crippen LogP contribution in [0.5, 0.6) is 0 Å². The van der Waals surface area contributed by atoms with Crippen LogP contribution in [0, 0.1) is 0 Å². The summed E-state index contributed by atoms with van der Waals surface area (Å²) < 4.78 is 14.4. The molecule has 0 saturated heterocycles. The van der Waals surface area contributed by atoms with Crippen LogP contribution in [0.1, 0.15) is 24.0 Å². The number of hydrogen-bond acceptors (Lipinski definition) is 6. The zero-order chi connectivity index (χ0) is 24.7. The van der Waals surface area contributed by atoms with Crippen molar-refractivity contribution in [1.29, 1.82) is 0 Å². The summed E-state index contributed by atoms with van der Waals surface area (Å²) in [5.41, 5.74) is 18.2. The third-order valence-corrected chi connectivity index (χ3v) is 6.22. The Kier molecular flexibility index (Phi) is 7.02. The van der Waals surface area contributed by atoms with Crippen LogP contribution >= 0.6 is 0 Å². The highest BCUT2D eigenvalue weighted by molar-refractivity contribution is 5.74. The van der Waals surface area contributed by atoms with E-state index in [1.165, 1.54) is 11.1 Å². The van der Waals surface area contributed by atoms with Gasteiger partial charge in [0.05, 0.1) is 11.1 Å². The average Bonchev–Trinajstić information content (AvgIpc) is 3.47. The van der Waals surface area contributed by atoms with E-state index in [9.17, 15) is 0 Å². The second-order valence-corrected chi connectivity index (χ2v) is 8.78. The van der Waals surface area contributed by atoms with Gasteiger partial charge in [0.25, 0.3) is 0 Å². The molecule has 3 aromatic carbocycles. The minimum atomic E-state index is 0.279. The molecule has 182 valence electrons. The summed E-state index contributed by atoms with van der Waals surface area (Å²) in [7, 11) is 0. The van der Waals surface area contributed by atoms with Gasteiger partial charge >= 0.3 is 23.2 Å². The Balaban J connectivity index is 1.34. The van der Waals surface area contributed by atoms with Crippen molar-refractivity contribution in [3.05, 3.63) is 96.1 Å². The van der Waals surface area contributed by atoms with Crippen LogP contribution in [0.4, 0.5) is 11.8 Å². The Bertz CT molecular complexity index is 1310. The number of anilines is 2. The molecule has 0 aliphatic carbocycles. The molecule has 0 unspecified atom stereocenters. The first-order valence-electron chi connectivity index (χ1n) is 12.2. The van der Waals surface area contributed by atoms with Crippen LogP contribution in [-0.4, -0.2) is 10.5 Å². The minimum absolute atomic E-state index is 0.279. The van der Waals surface area contributed by atoms with E-state index in [-0.39, 0.29) is 11.8 Å². The van der Waals surface area contributed by atoms with Crippen LogP contribution in [0.3, 0.4) is 0 Å². The van der Waals surface area contributed by atoms with E-state index < -0.39 is 0 Å². The van der Waals surface area contributed by atoms with E-state index in [0.29, 0.717) is 13.1 Å². The quantitative estimate of drug-likeness (QED) is 0.291. The van der Waals surface area contributed by atoms with Crippen molar-refractivity contribution in [2.24, 2.45) is 0 Å². The van der Waals surface area contributed by atoms with Gasteiger partial charge in [-0.25, -0.2) is 0 Å². The lowest BCUT2D eigenvalue weighted by molar-refractivity contribution is -0.753. The molecular weight excluding hydrogens is 452 g/mol. The van der Waals surface area contributed by atoms with E-state index in [4.69, 9.17) is 20.5 Å². The second-order valence-electron chi connectivity index (χ2n) is 8.78. The van der Waals surface area contributed by atoms with Crippen molar-refractivity contribution >= 4 is 11.8 Å². The summed E-state index contributed by atoms with van der Waals surface area (Å²) in [5.74, 6) is 0.557. The van der Waals surface area contributed by atoms with Gasteiger partial charge in [-0.2, -0.15) is 0 Å². The molecule has 5 rings (SSSR count). The summed E-state index contributed by atoms with van der Waals surface area (Å²) >= 11 is 0. The maximum absolute atomic E-state index is 6.20. The van der Waals surface area contributed by atoms with Crippen molar-refractivity contribution < 1.29 is 18.4 Å². The lowest BCUT2D eigenvalue weighted by atomic mass is 10.0. The second kappa shape index (κ2) is 10.9. The third-order valence-electron chi connectivity index (χ3n) is 6.22. The van der Waals surface area contributed by atoms with Crippen LogP contribution in [0.15, 0.2) is 94.0 Å². The van der Waals surface area contributed by atoms with Gasteiger partial charge in [0.15, 0.2) is 13.1 Å². The van der Waals surface area contributed by atoms with Crippen LogP contribution < -0.4 is 20.8 Å². The molecule has 0 bridgehead atoms. The number of nitrogens with zero attached hydrogens (tertiary/aromatic N) is 4. The van der Waals surface area contributed by atoms with Gasteiger partial charge in [-0.05, 0) is 51.5 Å².